The summed E-state index contributed by atoms with van der Waals surface area (Å²) in [6.07, 6.45) is 3.49. The summed E-state index contributed by atoms with van der Waals surface area (Å²) in [6.45, 7) is 5.19. The van der Waals surface area contributed by atoms with Crippen molar-refractivity contribution in [2.75, 3.05) is 26.2 Å². The van der Waals surface area contributed by atoms with Crippen LogP contribution in [0.2, 0.25) is 5.02 Å². The smallest absolute Gasteiger partial charge is 0.173 e. The summed E-state index contributed by atoms with van der Waals surface area (Å²) in [5.41, 5.74) is 2.49. The van der Waals surface area contributed by atoms with Gasteiger partial charge in [-0.2, -0.15) is 0 Å². The van der Waals surface area contributed by atoms with Gasteiger partial charge in [0.1, 0.15) is 0 Å². The number of tetrazole rings is 1. The normalized spacial score (nSPS) is 20.9. The lowest BCUT2D eigenvalue weighted by atomic mass is 10.0. The third-order valence-electron chi connectivity index (χ3n) is 6.43. The number of aromatic nitrogens is 4. The lowest BCUT2D eigenvalue weighted by Gasteiger charge is -2.41. The van der Waals surface area contributed by atoms with Gasteiger partial charge in [0.15, 0.2) is 5.82 Å². The molecule has 2 fully saturated rings. The molecule has 7 heteroatoms. The number of benzene rings is 2. The lowest BCUT2D eigenvalue weighted by molar-refractivity contribution is 0.0792. The van der Waals surface area contributed by atoms with Crippen molar-refractivity contribution in [3.8, 4) is 0 Å². The summed E-state index contributed by atoms with van der Waals surface area (Å²) < 4.78 is 1.98. The Balaban J connectivity index is 1.43. The summed E-state index contributed by atoms with van der Waals surface area (Å²) in [5.74, 6) is 0.916. The Bertz CT molecular complexity index is 957. The van der Waals surface area contributed by atoms with Crippen LogP contribution in [0, 0.1) is 0 Å². The molecule has 6 nitrogen and oxygen atoms in total. The first-order valence-corrected chi connectivity index (χ1v) is 11.2. The molecule has 2 aliphatic rings. The molecular weight excluding hydrogens is 396 g/mol. The molecule has 2 atom stereocenters. The average Bonchev–Trinajstić information content (AvgIpc) is 3.44. The van der Waals surface area contributed by atoms with Crippen LogP contribution in [0.15, 0.2) is 54.6 Å². The average molecular weight is 423 g/mol. The Morgan fingerprint density at radius 1 is 1.00 bits per heavy atom. The van der Waals surface area contributed by atoms with Crippen molar-refractivity contribution in [3.63, 3.8) is 0 Å². The number of halogens is 1. The standard InChI is InChI=1S/C23H27ClN6/c24-20-10-8-19(9-11-20)22(29-16-15-28-13-4-7-21(28)17-29)23-25-26-27-30(23)14-12-18-5-2-1-3-6-18/h1-3,5-6,8-11,21-22H,4,7,12-17H2. The first kappa shape index (κ1) is 19.7. The SMILES string of the molecule is Clc1ccc(C(c2nnnn2CCc2ccccc2)N2CCN3CCCC3C2)cc1. The van der Waals surface area contributed by atoms with Crippen LogP contribution in [0.5, 0.6) is 0 Å². The maximum absolute atomic E-state index is 6.18. The van der Waals surface area contributed by atoms with Gasteiger partial charge in [0.25, 0.3) is 0 Å². The third-order valence-corrected chi connectivity index (χ3v) is 6.68. The fourth-order valence-electron chi connectivity index (χ4n) is 4.86. The molecule has 2 saturated heterocycles. The number of fused-ring (bicyclic) bond motifs is 1. The summed E-state index contributed by atoms with van der Waals surface area (Å²) in [7, 11) is 0. The first-order chi connectivity index (χ1) is 14.8. The molecule has 2 aliphatic heterocycles. The van der Waals surface area contributed by atoms with Crippen molar-refractivity contribution < 1.29 is 0 Å². The van der Waals surface area contributed by atoms with Crippen LogP contribution in [0.3, 0.4) is 0 Å². The van der Waals surface area contributed by atoms with Crippen molar-refractivity contribution in [1.29, 1.82) is 0 Å². The van der Waals surface area contributed by atoms with Gasteiger partial charge in [0.2, 0.25) is 0 Å². The molecule has 30 heavy (non-hydrogen) atoms. The Kier molecular flexibility index (Phi) is 5.79. The zero-order chi connectivity index (χ0) is 20.3. The second-order valence-electron chi connectivity index (χ2n) is 8.28. The minimum Gasteiger partial charge on any atom is -0.298 e. The monoisotopic (exact) mass is 422 g/mol. The minimum absolute atomic E-state index is 0.0378. The van der Waals surface area contributed by atoms with Crippen molar-refractivity contribution in [2.24, 2.45) is 0 Å². The molecule has 0 spiro atoms. The van der Waals surface area contributed by atoms with Crippen LogP contribution >= 0.6 is 11.6 Å². The fourth-order valence-corrected chi connectivity index (χ4v) is 4.99. The van der Waals surface area contributed by atoms with E-state index in [1.54, 1.807) is 0 Å². The lowest BCUT2D eigenvalue weighted by Crippen LogP contribution is -2.51. The van der Waals surface area contributed by atoms with Gasteiger partial charge in [-0.1, -0.05) is 54.1 Å². The van der Waals surface area contributed by atoms with E-state index in [2.05, 4.69) is 61.7 Å². The van der Waals surface area contributed by atoms with Gasteiger partial charge in [-0.15, -0.1) is 5.10 Å². The molecule has 2 aromatic carbocycles. The summed E-state index contributed by atoms with van der Waals surface area (Å²) in [5, 5.41) is 13.7. The van der Waals surface area contributed by atoms with Gasteiger partial charge in [-0.25, -0.2) is 4.68 Å². The van der Waals surface area contributed by atoms with Gasteiger partial charge in [0.05, 0.1) is 6.04 Å². The molecule has 0 bridgehead atoms. The highest BCUT2D eigenvalue weighted by molar-refractivity contribution is 6.30. The molecule has 1 aromatic heterocycles. The van der Waals surface area contributed by atoms with Crippen LogP contribution < -0.4 is 0 Å². The number of piperazine rings is 1. The van der Waals surface area contributed by atoms with Crippen molar-refractivity contribution in [2.45, 2.75) is 37.9 Å². The number of hydrogen-bond donors (Lipinski definition) is 0. The molecule has 2 unspecified atom stereocenters. The molecule has 0 aliphatic carbocycles. The van der Waals surface area contributed by atoms with Gasteiger partial charge in [-0.3, -0.25) is 9.80 Å². The van der Waals surface area contributed by atoms with Crippen molar-refractivity contribution in [3.05, 3.63) is 76.6 Å². The van der Waals surface area contributed by atoms with Crippen LogP contribution in [0.4, 0.5) is 0 Å². The van der Waals surface area contributed by atoms with Gasteiger partial charge >= 0.3 is 0 Å². The van der Waals surface area contributed by atoms with Crippen LogP contribution in [-0.2, 0) is 13.0 Å². The Morgan fingerprint density at radius 2 is 1.83 bits per heavy atom. The Labute approximate surface area is 182 Å². The largest absolute Gasteiger partial charge is 0.298 e. The molecule has 156 valence electrons. The zero-order valence-corrected chi connectivity index (χ0v) is 17.8. The molecule has 0 saturated carbocycles. The molecule has 0 radical (unpaired) electrons. The molecule has 5 rings (SSSR count). The van der Waals surface area contributed by atoms with Crippen LogP contribution in [0.1, 0.15) is 35.8 Å². The highest BCUT2D eigenvalue weighted by atomic mass is 35.5. The van der Waals surface area contributed by atoms with E-state index < -0.39 is 0 Å². The Morgan fingerprint density at radius 3 is 2.67 bits per heavy atom. The first-order valence-electron chi connectivity index (χ1n) is 10.8. The van der Waals surface area contributed by atoms with E-state index in [-0.39, 0.29) is 6.04 Å². The van der Waals surface area contributed by atoms with E-state index in [0.29, 0.717) is 6.04 Å². The quantitative estimate of drug-likeness (QED) is 0.609. The minimum atomic E-state index is 0.0378. The van der Waals surface area contributed by atoms with Crippen LogP contribution in [0.25, 0.3) is 0 Å². The predicted octanol–water partition coefficient (Wildman–Crippen LogP) is 3.44. The predicted molar refractivity (Wildman–Crippen MR) is 117 cm³/mol. The number of rotatable bonds is 6. The molecular formula is C23H27ClN6. The third kappa shape index (κ3) is 4.13. The highest BCUT2D eigenvalue weighted by Crippen LogP contribution is 2.32. The molecule has 3 heterocycles. The maximum Gasteiger partial charge on any atom is 0.173 e. The number of hydrogen-bond acceptors (Lipinski definition) is 5. The molecule has 0 N–H and O–H groups in total. The maximum atomic E-state index is 6.18. The summed E-state index contributed by atoms with van der Waals surface area (Å²) in [6, 6.07) is 19.3. The van der Waals surface area contributed by atoms with E-state index in [4.69, 9.17) is 11.6 Å². The second kappa shape index (κ2) is 8.84. The van der Waals surface area contributed by atoms with Crippen molar-refractivity contribution in [1.82, 2.24) is 30.0 Å². The van der Waals surface area contributed by atoms with Gasteiger partial charge < -0.3 is 0 Å². The van der Waals surface area contributed by atoms with Crippen molar-refractivity contribution >= 4 is 11.6 Å². The van der Waals surface area contributed by atoms with E-state index in [0.717, 1.165) is 43.4 Å². The topological polar surface area (TPSA) is 50.1 Å². The van der Waals surface area contributed by atoms with E-state index in [9.17, 15) is 0 Å². The molecule has 3 aromatic rings. The number of nitrogens with zero attached hydrogens (tertiary/aromatic N) is 6. The summed E-state index contributed by atoms with van der Waals surface area (Å²) in [4.78, 5) is 5.19. The highest BCUT2D eigenvalue weighted by Gasteiger charge is 2.36. The van der Waals surface area contributed by atoms with Gasteiger partial charge in [0, 0.05) is 37.2 Å². The van der Waals surface area contributed by atoms with E-state index >= 15 is 0 Å². The number of aryl methyl sites for hydroxylation is 2. The summed E-state index contributed by atoms with van der Waals surface area (Å²) >= 11 is 6.18. The molecule has 0 amide bonds. The van der Waals surface area contributed by atoms with E-state index in [1.807, 2.05) is 22.9 Å². The zero-order valence-electron chi connectivity index (χ0n) is 17.1. The van der Waals surface area contributed by atoms with Crippen LogP contribution in [-0.4, -0.2) is 62.2 Å². The Hall–Kier alpha value is -2.28. The van der Waals surface area contributed by atoms with Gasteiger partial charge in [-0.05, 0) is 59.5 Å². The second-order valence-corrected chi connectivity index (χ2v) is 8.71. The van der Waals surface area contributed by atoms with E-state index in [1.165, 1.54) is 30.5 Å². The fraction of sp³-hybridized carbons (Fsp3) is 0.435.